The summed E-state index contributed by atoms with van der Waals surface area (Å²) in [6.45, 7) is 5.08. The topological polar surface area (TPSA) is 51.0 Å². The molecule has 1 atom stereocenters. The lowest BCUT2D eigenvalue weighted by atomic mass is 10.3. The van der Waals surface area contributed by atoms with Gasteiger partial charge in [-0.3, -0.25) is 0 Å². The number of aromatic nitrogens is 2. The van der Waals surface area contributed by atoms with Crippen molar-refractivity contribution in [1.29, 1.82) is 0 Å². The molecule has 2 heterocycles. The van der Waals surface area contributed by atoms with Gasteiger partial charge in [-0.25, -0.2) is 0 Å². The van der Waals surface area contributed by atoms with E-state index >= 15 is 0 Å². The van der Waals surface area contributed by atoms with Crippen LogP contribution >= 0.6 is 43.2 Å². The molecule has 0 bridgehead atoms. The minimum absolute atomic E-state index is 0.0760. The van der Waals surface area contributed by atoms with Crippen LogP contribution in [0.4, 0.5) is 0 Å². The van der Waals surface area contributed by atoms with Gasteiger partial charge in [0.25, 0.3) is 0 Å². The van der Waals surface area contributed by atoms with Gasteiger partial charge in [-0.1, -0.05) is 6.92 Å². The van der Waals surface area contributed by atoms with Gasteiger partial charge in [0.1, 0.15) is 0 Å². The SMILES string of the molecule is CCCNC(C)c1nnc(-c2cc(Br)sc2Br)o1. The number of nitrogens with zero attached hydrogens (tertiary/aromatic N) is 2. The maximum Gasteiger partial charge on any atom is 0.249 e. The van der Waals surface area contributed by atoms with E-state index in [0.717, 1.165) is 26.1 Å². The zero-order chi connectivity index (χ0) is 13.1. The van der Waals surface area contributed by atoms with Gasteiger partial charge in [0.15, 0.2) is 0 Å². The molecular formula is C11H13Br2N3OS. The quantitative estimate of drug-likeness (QED) is 0.817. The fourth-order valence-corrected chi connectivity index (χ4v) is 4.23. The molecule has 0 aliphatic rings. The third-order valence-corrected chi connectivity index (χ3v) is 4.74. The van der Waals surface area contributed by atoms with E-state index < -0.39 is 0 Å². The molecule has 18 heavy (non-hydrogen) atoms. The van der Waals surface area contributed by atoms with E-state index in [-0.39, 0.29) is 6.04 Å². The van der Waals surface area contributed by atoms with Crippen LogP contribution in [0.25, 0.3) is 11.5 Å². The lowest BCUT2D eigenvalue weighted by Gasteiger charge is -2.07. The van der Waals surface area contributed by atoms with Gasteiger partial charge in [-0.05, 0) is 57.8 Å². The zero-order valence-electron chi connectivity index (χ0n) is 10.0. The number of hydrogen-bond acceptors (Lipinski definition) is 5. The Morgan fingerprint density at radius 1 is 1.44 bits per heavy atom. The summed E-state index contributed by atoms with van der Waals surface area (Å²) < 4.78 is 7.71. The van der Waals surface area contributed by atoms with Crippen molar-refractivity contribution in [2.75, 3.05) is 6.54 Å². The van der Waals surface area contributed by atoms with Crippen molar-refractivity contribution >= 4 is 43.2 Å². The average Bonchev–Trinajstić information content (AvgIpc) is 2.92. The summed E-state index contributed by atoms with van der Waals surface area (Å²) in [7, 11) is 0. The number of thiophene rings is 1. The summed E-state index contributed by atoms with van der Waals surface area (Å²) in [4.78, 5) is 0. The summed E-state index contributed by atoms with van der Waals surface area (Å²) in [6, 6.07) is 2.04. The molecule has 7 heteroatoms. The number of hydrogen-bond donors (Lipinski definition) is 1. The van der Waals surface area contributed by atoms with Crippen LogP contribution in [0.5, 0.6) is 0 Å². The summed E-state index contributed by atoms with van der Waals surface area (Å²) in [6.07, 6.45) is 1.08. The average molecular weight is 395 g/mol. The highest BCUT2D eigenvalue weighted by atomic mass is 79.9. The third kappa shape index (κ3) is 3.20. The molecule has 0 saturated carbocycles. The Morgan fingerprint density at radius 3 is 2.83 bits per heavy atom. The fraction of sp³-hybridized carbons (Fsp3) is 0.455. The molecule has 0 aromatic carbocycles. The van der Waals surface area contributed by atoms with E-state index in [1.165, 1.54) is 0 Å². The van der Waals surface area contributed by atoms with Gasteiger partial charge in [0.05, 0.1) is 19.2 Å². The number of rotatable bonds is 5. The van der Waals surface area contributed by atoms with Gasteiger partial charge in [0.2, 0.25) is 11.8 Å². The summed E-state index contributed by atoms with van der Waals surface area (Å²) in [5.74, 6) is 1.16. The Hall–Kier alpha value is -0.240. The van der Waals surface area contributed by atoms with E-state index in [0.29, 0.717) is 11.8 Å². The van der Waals surface area contributed by atoms with Crippen LogP contribution in [0.1, 0.15) is 32.2 Å². The van der Waals surface area contributed by atoms with Crippen molar-refractivity contribution in [3.63, 3.8) is 0 Å². The first-order chi connectivity index (χ1) is 8.61. The Morgan fingerprint density at radius 2 is 2.22 bits per heavy atom. The second-order valence-corrected chi connectivity index (χ2v) is 7.61. The predicted molar refractivity (Wildman–Crippen MR) is 79.7 cm³/mol. The zero-order valence-corrected chi connectivity index (χ0v) is 14.0. The molecule has 0 fully saturated rings. The van der Waals surface area contributed by atoms with E-state index in [1.807, 2.05) is 13.0 Å². The first kappa shape index (κ1) is 14.2. The monoisotopic (exact) mass is 393 g/mol. The molecule has 2 rings (SSSR count). The lowest BCUT2D eigenvalue weighted by Crippen LogP contribution is -2.19. The molecule has 0 saturated heterocycles. The summed E-state index contributed by atoms with van der Waals surface area (Å²) in [5.41, 5.74) is 0.924. The van der Waals surface area contributed by atoms with Crippen LogP contribution in [0.15, 0.2) is 18.1 Å². The second kappa shape index (κ2) is 6.27. The molecule has 98 valence electrons. The highest BCUT2D eigenvalue weighted by Gasteiger charge is 2.17. The Balaban J connectivity index is 2.17. The van der Waals surface area contributed by atoms with Crippen LogP contribution in [0.2, 0.25) is 0 Å². The van der Waals surface area contributed by atoms with Crippen LogP contribution in [0.3, 0.4) is 0 Å². The largest absolute Gasteiger partial charge is 0.419 e. The van der Waals surface area contributed by atoms with Crippen molar-refractivity contribution in [3.05, 3.63) is 19.5 Å². The maximum absolute atomic E-state index is 5.69. The highest BCUT2D eigenvalue weighted by molar-refractivity contribution is 9.12. The first-order valence-electron chi connectivity index (χ1n) is 5.63. The van der Waals surface area contributed by atoms with Crippen LogP contribution in [-0.4, -0.2) is 16.7 Å². The van der Waals surface area contributed by atoms with E-state index in [9.17, 15) is 0 Å². The van der Waals surface area contributed by atoms with E-state index in [4.69, 9.17) is 4.42 Å². The molecule has 0 spiro atoms. The summed E-state index contributed by atoms with van der Waals surface area (Å²) >= 11 is 8.51. The summed E-state index contributed by atoms with van der Waals surface area (Å²) in [5, 5.41) is 11.5. The normalized spacial score (nSPS) is 12.9. The molecule has 0 amide bonds. The second-order valence-electron chi connectivity index (χ2n) is 3.86. The van der Waals surface area contributed by atoms with Gasteiger partial charge >= 0.3 is 0 Å². The molecule has 4 nitrogen and oxygen atoms in total. The predicted octanol–water partition coefficient (Wildman–Crippen LogP) is 4.38. The molecule has 1 unspecified atom stereocenters. The molecular weight excluding hydrogens is 382 g/mol. The Labute approximate surface area is 126 Å². The van der Waals surface area contributed by atoms with Crippen LogP contribution in [0, 0.1) is 0 Å². The Bertz CT molecular complexity index is 526. The van der Waals surface area contributed by atoms with Gasteiger partial charge in [0, 0.05) is 0 Å². The Kier molecular flexibility index (Phi) is 4.94. The van der Waals surface area contributed by atoms with Crippen LogP contribution in [-0.2, 0) is 0 Å². The first-order valence-corrected chi connectivity index (χ1v) is 8.04. The minimum atomic E-state index is 0.0760. The van der Waals surface area contributed by atoms with Crippen molar-refractivity contribution in [2.24, 2.45) is 0 Å². The maximum atomic E-state index is 5.69. The van der Waals surface area contributed by atoms with Gasteiger partial charge < -0.3 is 9.73 Å². The molecule has 2 aromatic rings. The van der Waals surface area contributed by atoms with Crippen LogP contribution < -0.4 is 5.32 Å². The molecule has 2 aromatic heterocycles. The van der Waals surface area contributed by atoms with Crippen molar-refractivity contribution < 1.29 is 4.42 Å². The molecule has 0 radical (unpaired) electrons. The van der Waals surface area contributed by atoms with E-state index in [1.54, 1.807) is 11.3 Å². The smallest absolute Gasteiger partial charge is 0.249 e. The minimum Gasteiger partial charge on any atom is -0.419 e. The highest BCUT2D eigenvalue weighted by Crippen LogP contribution is 2.38. The number of nitrogens with one attached hydrogen (secondary N) is 1. The third-order valence-electron chi connectivity index (χ3n) is 2.40. The van der Waals surface area contributed by atoms with Gasteiger partial charge in [-0.2, -0.15) is 0 Å². The standard InChI is InChI=1S/C11H13Br2N3OS/c1-3-4-14-6(2)10-15-16-11(17-10)7-5-8(12)18-9(7)13/h5-6,14H,3-4H2,1-2H3. The number of halogens is 2. The molecule has 0 aliphatic heterocycles. The lowest BCUT2D eigenvalue weighted by molar-refractivity contribution is 0.423. The fourth-order valence-electron chi connectivity index (χ4n) is 1.45. The van der Waals surface area contributed by atoms with Crippen molar-refractivity contribution in [2.45, 2.75) is 26.3 Å². The van der Waals surface area contributed by atoms with Crippen molar-refractivity contribution in [1.82, 2.24) is 15.5 Å². The van der Waals surface area contributed by atoms with E-state index in [2.05, 4.69) is 54.3 Å². The van der Waals surface area contributed by atoms with Gasteiger partial charge in [-0.15, -0.1) is 21.5 Å². The molecule has 1 N–H and O–H groups in total. The van der Waals surface area contributed by atoms with Crippen molar-refractivity contribution in [3.8, 4) is 11.5 Å². The molecule has 0 aliphatic carbocycles.